The van der Waals surface area contributed by atoms with Crippen molar-refractivity contribution in [3.05, 3.63) is 23.8 Å². The van der Waals surface area contributed by atoms with Crippen molar-refractivity contribution in [1.29, 1.82) is 0 Å². The maximum absolute atomic E-state index is 5.62. The van der Waals surface area contributed by atoms with Gasteiger partial charge in [0.2, 0.25) is 0 Å². The average molecular weight is 443 g/mol. The Bertz CT molecular complexity index is 776. The van der Waals surface area contributed by atoms with Crippen molar-refractivity contribution in [2.75, 3.05) is 34.9 Å². The number of aliphatic imine (C=N–C) groups is 1. The highest BCUT2D eigenvalue weighted by Gasteiger charge is 2.37. The molecule has 2 atom stereocenters. The van der Waals surface area contributed by atoms with E-state index in [2.05, 4.69) is 45.8 Å². The van der Waals surface area contributed by atoms with Gasteiger partial charge in [-0.15, -0.1) is 0 Å². The van der Waals surface area contributed by atoms with Crippen LogP contribution in [-0.2, 0) is 5.41 Å². The number of nitrogens with zero attached hydrogens (tertiary/aromatic N) is 2. The number of hydrogen-bond donors (Lipinski definition) is 2. The lowest BCUT2D eigenvalue weighted by atomic mass is 9.69. The molecule has 1 aliphatic carbocycles. The first-order valence-corrected chi connectivity index (χ1v) is 12.5. The van der Waals surface area contributed by atoms with E-state index in [4.69, 9.17) is 9.47 Å². The minimum absolute atomic E-state index is 0.0959. The lowest BCUT2D eigenvalue weighted by Gasteiger charge is -2.47. The Hall–Kier alpha value is -1.95. The lowest BCUT2D eigenvalue weighted by molar-refractivity contribution is 0.0526. The zero-order valence-corrected chi connectivity index (χ0v) is 20.5. The average Bonchev–Trinajstić information content (AvgIpc) is 2.82. The number of fused-ring (bicyclic) bond motifs is 2. The molecule has 2 heterocycles. The van der Waals surface area contributed by atoms with Crippen LogP contribution in [0.3, 0.4) is 0 Å². The first-order chi connectivity index (χ1) is 15.6. The van der Waals surface area contributed by atoms with Gasteiger partial charge in [0.15, 0.2) is 17.5 Å². The SMILES string of the molecule is CN=C(NCC1(c2ccc(OC)c(OC)c2)CCCCC1)NC1CC2CCCC(C1)N2C. The molecule has 2 N–H and O–H groups in total. The normalized spacial score (nSPS) is 28.1. The molecule has 1 aromatic rings. The monoisotopic (exact) mass is 442 g/mol. The second-order valence-corrected chi connectivity index (χ2v) is 10.1. The number of nitrogens with one attached hydrogen (secondary N) is 2. The van der Waals surface area contributed by atoms with E-state index in [1.54, 1.807) is 14.2 Å². The van der Waals surface area contributed by atoms with Crippen LogP contribution in [0, 0.1) is 0 Å². The van der Waals surface area contributed by atoms with Gasteiger partial charge in [-0.2, -0.15) is 0 Å². The third-order valence-electron chi connectivity index (χ3n) is 8.31. The standard InChI is InChI=1S/C26H42N4O2/c1-27-25(29-20-16-21-9-8-10-22(17-20)30(21)2)28-18-26(13-6-5-7-14-26)19-11-12-23(31-3)24(15-19)32-4/h11-12,15,20-22H,5-10,13-14,16-18H2,1-4H3,(H2,27,28,29). The van der Waals surface area contributed by atoms with Crippen LogP contribution in [0.15, 0.2) is 23.2 Å². The zero-order valence-electron chi connectivity index (χ0n) is 20.5. The molecule has 0 aromatic heterocycles. The highest BCUT2D eigenvalue weighted by Crippen LogP contribution is 2.42. The largest absolute Gasteiger partial charge is 0.493 e. The maximum atomic E-state index is 5.62. The molecule has 4 rings (SSSR count). The van der Waals surface area contributed by atoms with Crippen molar-refractivity contribution in [1.82, 2.24) is 15.5 Å². The van der Waals surface area contributed by atoms with Crippen LogP contribution in [0.5, 0.6) is 11.5 Å². The molecule has 3 aliphatic rings. The fraction of sp³-hybridized carbons (Fsp3) is 0.731. The fourth-order valence-corrected chi connectivity index (χ4v) is 6.34. The first-order valence-electron chi connectivity index (χ1n) is 12.5. The number of guanidine groups is 1. The summed E-state index contributed by atoms with van der Waals surface area (Å²) < 4.78 is 11.1. The van der Waals surface area contributed by atoms with Crippen LogP contribution in [0.2, 0.25) is 0 Å². The fourth-order valence-electron chi connectivity index (χ4n) is 6.34. The number of hydrogen-bond acceptors (Lipinski definition) is 4. The summed E-state index contributed by atoms with van der Waals surface area (Å²) >= 11 is 0. The molecule has 3 fully saturated rings. The molecule has 6 heteroatoms. The molecular weight excluding hydrogens is 400 g/mol. The molecule has 1 aromatic carbocycles. The molecule has 2 bridgehead atoms. The van der Waals surface area contributed by atoms with Crippen molar-refractivity contribution in [2.24, 2.45) is 4.99 Å². The topological polar surface area (TPSA) is 58.1 Å². The number of rotatable bonds is 6. The molecule has 0 amide bonds. The molecule has 2 aliphatic heterocycles. The summed E-state index contributed by atoms with van der Waals surface area (Å²) in [6.07, 6.45) is 12.7. The van der Waals surface area contributed by atoms with Gasteiger partial charge < -0.3 is 25.0 Å². The number of ether oxygens (including phenoxy) is 2. The summed E-state index contributed by atoms with van der Waals surface area (Å²) in [6.45, 7) is 0.891. The summed E-state index contributed by atoms with van der Waals surface area (Å²) in [7, 11) is 7.63. The lowest BCUT2D eigenvalue weighted by Crippen LogP contribution is -2.57. The first kappa shape index (κ1) is 23.2. The Balaban J connectivity index is 1.45. The molecule has 6 nitrogen and oxygen atoms in total. The van der Waals surface area contributed by atoms with E-state index in [-0.39, 0.29) is 5.41 Å². The Morgan fingerprint density at radius 3 is 2.34 bits per heavy atom. The predicted octanol–water partition coefficient (Wildman–Crippen LogP) is 4.09. The van der Waals surface area contributed by atoms with Crippen LogP contribution in [0.25, 0.3) is 0 Å². The number of piperidine rings is 2. The van der Waals surface area contributed by atoms with E-state index in [9.17, 15) is 0 Å². The zero-order chi connectivity index (χ0) is 22.6. The van der Waals surface area contributed by atoms with Crippen LogP contribution in [-0.4, -0.2) is 63.8 Å². The van der Waals surface area contributed by atoms with Crippen molar-refractivity contribution < 1.29 is 9.47 Å². The van der Waals surface area contributed by atoms with Crippen LogP contribution in [0.4, 0.5) is 0 Å². The summed E-state index contributed by atoms with van der Waals surface area (Å²) in [4.78, 5) is 7.22. The van der Waals surface area contributed by atoms with Gasteiger partial charge in [-0.25, -0.2) is 0 Å². The quantitative estimate of drug-likeness (QED) is 0.513. The van der Waals surface area contributed by atoms with Gasteiger partial charge in [-0.05, 0) is 63.3 Å². The van der Waals surface area contributed by atoms with Gasteiger partial charge >= 0.3 is 0 Å². The van der Waals surface area contributed by atoms with Crippen molar-refractivity contribution >= 4 is 5.96 Å². The van der Waals surface area contributed by atoms with Gasteiger partial charge in [0.25, 0.3) is 0 Å². The maximum Gasteiger partial charge on any atom is 0.191 e. The number of methoxy groups -OCH3 is 2. The molecule has 178 valence electrons. The second kappa shape index (κ2) is 10.3. The van der Waals surface area contributed by atoms with Gasteiger partial charge in [0.1, 0.15) is 0 Å². The minimum atomic E-state index is 0.0959. The molecule has 32 heavy (non-hydrogen) atoms. The molecule has 2 saturated heterocycles. The Morgan fingerprint density at radius 2 is 1.72 bits per heavy atom. The highest BCUT2D eigenvalue weighted by molar-refractivity contribution is 5.80. The third kappa shape index (κ3) is 4.85. The van der Waals surface area contributed by atoms with Crippen molar-refractivity contribution in [3.8, 4) is 11.5 Å². The summed E-state index contributed by atoms with van der Waals surface area (Å²) in [5.74, 6) is 2.55. The smallest absolute Gasteiger partial charge is 0.191 e. The van der Waals surface area contributed by atoms with E-state index < -0.39 is 0 Å². The number of benzene rings is 1. The van der Waals surface area contributed by atoms with Crippen molar-refractivity contribution in [2.45, 2.75) is 87.7 Å². The van der Waals surface area contributed by atoms with E-state index in [1.165, 1.54) is 69.8 Å². The van der Waals surface area contributed by atoms with E-state index in [0.717, 1.165) is 36.1 Å². The van der Waals surface area contributed by atoms with Crippen molar-refractivity contribution in [3.63, 3.8) is 0 Å². The van der Waals surface area contributed by atoms with Gasteiger partial charge in [0.05, 0.1) is 14.2 Å². The van der Waals surface area contributed by atoms with Gasteiger partial charge in [-0.1, -0.05) is 31.7 Å². The molecular formula is C26H42N4O2. The Kier molecular flexibility index (Phi) is 7.49. The van der Waals surface area contributed by atoms with E-state index in [0.29, 0.717) is 6.04 Å². The molecule has 2 unspecified atom stereocenters. The van der Waals surface area contributed by atoms with Gasteiger partial charge in [0, 0.05) is 37.1 Å². The Labute approximate surface area is 194 Å². The molecule has 0 spiro atoms. The van der Waals surface area contributed by atoms with Crippen LogP contribution >= 0.6 is 0 Å². The third-order valence-corrected chi connectivity index (χ3v) is 8.31. The summed E-state index contributed by atoms with van der Waals surface area (Å²) in [5.41, 5.74) is 1.44. The van der Waals surface area contributed by atoms with E-state index >= 15 is 0 Å². The van der Waals surface area contributed by atoms with Gasteiger partial charge in [-0.3, -0.25) is 4.99 Å². The minimum Gasteiger partial charge on any atom is -0.493 e. The molecule has 0 radical (unpaired) electrons. The second-order valence-electron chi connectivity index (χ2n) is 10.1. The Morgan fingerprint density at radius 1 is 1.03 bits per heavy atom. The predicted molar refractivity (Wildman–Crippen MR) is 131 cm³/mol. The van der Waals surface area contributed by atoms with E-state index in [1.807, 2.05) is 7.05 Å². The van der Waals surface area contributed by atoms with Crippen LogP contribution in [0.1, 0.15) is 69.8 Å². The van der Waals surface area contributed by atoms with Crippen LogP contribution < -0.4 is 20.1 Å². The summed E-state index contributed by atoms with van der Waals surface area (Å²) in [6, 6.07) is 8.40. The summed E-state index contributed by atoms with van der Waals surface area (Å²) in [5, 5.41) is 7.49. The molecule has 1 saturated carbocycles. The highest BCUT2D eigenvalue weighted by atomic mass is 16.5.